The Balaban J connectivity index is 1.63. The van der Waals surface area contributed by atoms with E-state index in [4.69, 9.17) is 9.47 Å². The Hall–Kier alpha value is -1.34. The quantitative estimate of drug-likeness (QED) is 0.462. The molecule has 2 heterocycles. The first-order valence-electron chi connectivity index (χ1n) is 13.4. The molecule has 1 aromatic carbocycles. The molecule has 2 saturated heterocycles. The van der Waals surface area contributed by atoms with Crippen molar-refractivity contribution in [2.24, 2.45) is 23.7 Å². The van der Waals surface area contributed by atoms with Gasteiger partial charge in [-0.3, -0.25) is 0 Å². The van der Waals surface area contributed by atoms with Gasteiger partial charge in [-0.1, -0.05) is 55.4 Å². The van der Waals surface area contributed by atoms with Crippen molar-refractivity contribution in [1.82, 2.24) is 10.1 Å². The van der Waals surface area contributed by atoms with Gasteiger partial charge in [0, 0.05) is 49.9 Å². The van der Waals surface area contributed by atoms with Crippen LogP contribution in [-0.4, -0.2) is 56.9 Å². The topological polar surface area (TPSA) is 65.4 Å². The lowest BCUT2D eigenvalue weighted by molar-refractivity contribution is -0.211. The SMILES string of the molecule is CC(C)C1CC(Oc2ccc(OC3CC(C(C)C)N(O)C(C(C)C)C3)cc2)CC(C(C)C)N1O. The molecule has 6 heteroatoms. The molecule has 4 unspecified atom stereocenters. The fourth-order valence-electron chi connectivity index (χ4n) is 5.68. The number of ether oxygens (including phenoxy) is 2. The fraction of sp³-hybridized carbons (Fsp3) is 0.786. The summed E-state index contributed by atoms with van der Waals surface area (Å²) in [6.07, 6.45) is 3.46. The summed E-state index contributed by atoms with van der Waals surface area (Å²) >= 11 is 0. The highest BCUT2D eigenvalue weighted by Crippen LogP contribution is 2.34. The van der Waals surface area contributed by atoms with Gasteiger partial charge in [-0.2, -0.15) is 10.1 Å². The average molecular weight is 477 g/mol. The molecule has 2 N–H and O–H groups in total. The molecule has 0 saturated carbocycles. The number of hydrogen-bond donors (Lipinski definition) is 2. The van der Waals surface area contributed by atoms with E-state index in [1.54, 1.807) is 10.1 Å². The van der Waals surface area contributed by atoms with Gasteiger partial charge in [0.25, 0.3) is 0 Å². The molecule has 2 aliphatic heterocycles. The monoisotopic (exact) mass is 476 g/mol. The molecule has 4 atom stereocenters. The van der Waals surface area contributed by atoms with Crippen LogP contribution in [0.2, 0.25) is 0 Å². The summed E-state index contributed by atoms with van der Waals surface area (Å²) in [6, 6.07) is 8.41. The average Bonchev–Trinajstić information content (AvgIpc) is 2.76. The highest BCUT2D eigenvalue weighted by atomic mass is 16.5. The molecular weight excluding hydrogens is 428 g/mol. The molecule has 34 heavy (non-hydrogen) atoms. The summed E-state index contributed by atoms with van der Waals surface area (Å²) in [5, 5.41) is 24.6. The van der Waals surface area contributed by atoms with Crippen molar-refractivity contribution in [3.63, 3.8) is 0 Å². The minimum atomic E-state index is 0.0856. The van der Waals surface area contributed by atoms with Crippen LogP contribution < -0.4 is 9.47 Å². The third kappa shape index (κ3) is 6.45. The van der Waals surface area contributed by atoms with E-state index in [1.807, 2.05) is 24.3 Å². The molecule has 3 rings (SSSR count). The number of rotatable bonds is 8. The molecule has 0 aromatic heterocycles. The first-order valence-corrected chi connectivity index (χ1v) is 13.4. The number of benzene rings is 1. The first-order chi connectivity index (χ1) is 16.0. The number of piperidine rings is 2. The van der Waals surface area contributed by atoms with Gasteiger partial charge in [0.15, 0.2) is 0 Å². The second kappa shape index (κ2) is 11.6. The zero-order chi connectivity index (χ0) is 25.2. The van der Waals surface area contributed by atoms with Crippen LogP contribution in [0.15, 0.2) is 24.3 Å². The molecule has 6 nitrogen and oxygen atoms in total. The Morgan fingerprint density at radius 1 is 0.559 bits per heavy atom. The number of nitrogens with zero attached hydrogens (tertiary/aromatic N) is 2. The van der Waals surface area contributed by atoms with Crippen molar-refractivity contribution in [3.05, 3.63) is 24.3 Å². The van der Waals surface area contributed by atoms with Crippen LogP contribution in [0.4, 0.5) is 0 Å². The maximum atomic E-state index is 10.7. The maximum absolute atomic E-state index is 10.7. The lowest BCUT2D eigenvalue weighted by Crippen LogP contribution is -2.54. The molecule has 0 aliphatic carbocycles. The van der Waals surface area contributed by atoms with Crippen LogP contribution in [0.5, 0.6) is 11.5 Å². The van der Waals surface area contributed by atoms with Crippen LogP contribution >= 0.6 is 0 Å². The van der Waals surface area contributed by atoms with Crippen molar-refractivity contribution in [2.75, 3.05) is 0 Å². The molecule has 1 aromatic rings. The van der Waals surface area contributed by atoms with E-state index in [0.717, 1.165) is 37.2 Å². The molecule has 0 amide bonds. The van der Waals surface area contributed by atoms with Gasteiger partial charge in [0.1, 0.15) is 23.7 Å². The lowest BCUT2D eigenvalue weighted by Gasteiger charge is -2.45. The van der Waals surface area contributed by atoms with Gasteiger partial charge in [-0.25, -0.2) is 0 Å². The molecule has 2 aliphatic rings. The second-order valence-corrected chi connectivity index (χ2v) is 11.9. The van der Waals surface area contributed by atoms with Gasteiger partial charge in [0.05, 0.1) is 0 Å². The summed E-state index contributed by atoms with van der Waals surface area (Å²) in [5.74, 6) is 3.15. The van der Waals surface area contributed by atoms with E-state index in [2.05, 4.69) is 55.4 Å². The summed E-state index contributed by atoms with van der Waals surface area (Å²) in [5.41, 5.74) is 0. The van der Waals surface area contributed by atoms with Crippen LogP contribution in [0, 0.1) is 23.7 Å². The summed E-state index contributed by atoms with van der Waals surface area (Å²) < 4.78 is 12.8. The smallest absolute Gasteiger partial charge is 0.119 e. The molecule has 0 radical (unpaired) electrons. The summed E-state index contributed by atoms with van der Waals surface area (Å²) in [4.78, 5) is 0. The molecule has 0 bridgehead atoms. The van der Waals surface area contributed by atoms with E-state index >= 15 is 0 Å². The minimum Gasteiger partial charge on any atom is -0.490 e. The van der Waals surface area contributed by atoms with Crippen molar-refractivity contribution < 1.29 is 19.9 Å². The van der Waals surface area contributed by atoms with Gasteiger partial charge in [0.2, 0.25) is 0 Å². The van der Waals surface area contributed by atoms with E-state index in [9.17, 15) is 10.4 Å². The van der Waals surface area contributed by atoms with Crippen molar-refractivity contribution in [2.45, 2.75) is 117 Å². The van der Waals surface area contributed by atoms with Crippen LogP contribution in [0.25, 0.3) is 0 Å². The van der Waals surface area contributed by atoms with Crippen LogP contribution in [0.3, 0.4) is 0 Å². The Labute approximate surface area is 207 Å². The minimum absolute atomic E-state index is 0.0856. The van der Waals surface area contributed by atoms with Gasteiger partial charge >= 0.3 is 0 Å². The van der Waals surface area contributed by atoms with Crippen molar-refractivity contribution in [3.8, 4) is 11.5 Å². The fourth-order valence-corrected chi connectivity index (χ4v) is 5.68. The highest BCUT2D eigenvalue weighted by molar-refractivity contribution is 5.31. The molecule has 2 fully saturated rings. The zero-order valence-corrected chi connectivity index (χ0v) is 22.5. The van der Waals surface area contributed by atoms with E-state index in [-0.39, 0.29) is 36.4 Å². The normalized spacial score (nSPS) is 31.6. The van der Waals surface area contributed by atoms with Gasteiger partial charge in [-0.15, -0.1) is 0 Å². The van der Waals surface area contributed by atoms with E-state index in [1.165, 1.54) is 0 Å². The summed E-state index contributed by atoms with van der Waals surface area (Å²) in [6.45, 7) is 17.3. The lowest BCUT2D eigenvalue weighted by atomic mass is 9.84. The Morgan fingerprint density at radius 2 is 0.794 bits per heavy atom. The first kappa shape index (κ1) is 27.3. The molecular formula is C28H48N2O4. The third-order valence-corrected chi connectivity index (χ3v) is 7.88. The largest absolute Gasteiger partial charge is 0.490 e. The standard InChI is InChI=1S/C28H48N2O4/c1-17(2)25-13-23(14-26(18(3)4)29(25)31)33-21-9-11-22(12-10-21)34-24-15-27(19(5)6)30(32)28(16-24)20(7)8/h9-12,17-20,23-28,31-32H,13-16H2,1-8H3. The number of hydrogen-bond acceptors (Lipinski definition) is 6. The second-order valence-electron chi connectivity index (χ2n) is 11.9. The van der Waals surface area contributed by atoms with E-state index < -0.39 is 0 Å². The maximum Gasteiger partial charge on any atom is 0.119 e. The summed E-state index contributed by atoms with van der Waals surface area (Å²) in [7, 11) is 0. The third-order valence-electron chi connectivity index (χ3n) is 7.88. The highest BCUT2D eigenvalue weighted by Gasteiger charge is 2.40. The Morgan fingerprint density at radius 3 is 1.00 bits per heavy atom. The predicted octanol–water partition coefficient (Wildman–Crippen LogP) is 6.25. The number of hydroxylamine groups is 4. The Kier molecular flexibility index (Phi) is 9.29. The Bertz CT molecular complexity index is 652. The molecule has 194 valence electrons. The zero-order valence-electron chi connectivity index (χ0n) is 22.5. The van der Waals surface area contributed by atoms with Crippen LogP contribution in [-0.2, 0) is 0 Å². The van der Waals surface area contributed by atoms with E-state index in [0.29, 0.717) is 23.7 Å². The van der Waals surface area contributed by atoms with Gasteiger partial charge < -0.3 is 19.9 Å². The van der Waals surface area contributed by atoms with Crippen LogP contribution in [0.1, 0.15) is 81.1 Å². The molecule has 0 spiro atoms. The van der Waals surface area contributed by atoms with Crippen molar-refractivity contribution in [1.29, 1.82) is 0 Å². The van der Waals surface area contributed by atoms with Gasteiger partial charge in [-0.05, 0) is 47.9 Å². The van der Waals surface area contributed by atoms with Crippen molar-refractivity contribution >= 4 is 0 Å². The predicted molar refractivity (Wildman–Crippen MR) is 135 cm³/mol.